The fraction of sp³-hybridized carbons (Fsp3) is 0.476. The highest BCUT2D eigenvalue weighted by molar-refractivity contribution is 5.85. The number of hydrogen-bond donors (Lipinski definition) is 2. The van der Waals surface area contributed by atoms with Crippen LogP contribution in [0, 0.1) is 0 Å². The van der Waals surface area contributed by atoms with E-state index in [2.05, 4.69) is 35.6 Å². The summed E-state index contributed by atoms with van der Waals surface area (Å²) in [6, 6.07) is 14.5. The summed E-state index contributed by atoms with van der Waals surface area (Å²) < 4.78 is 0. The molecule has 1 heterocycles. The fourth-order valence-electron chi connectivity index (χ4n) is 3.93. The average Bonchev–Trinajstić information content (AvgIpc) is 2.60. The van der Waals surface area contributed by atoms with E-state index in [1.54, 1.807) is 4.90 Å². The number of benzene rings is 2. The number of carbonyl (C=O) groups is 1. The molecule has 2 amide bonds. The molecule has 0 aromatic heterocycles. The summed E-state index contributed by atoms with van der Waals surface area (Å²) in [6.07, 6.45) is 2.37. The molecule has 2 aromatic rings. The van der Waals surface area contributed by atoms with Gasteiger partial charge in [-0.3, -0.25) is 0 Å². The molecule has 3 rings (SSSR count). The summed E-state index contributed by atoms with van der Waals surface area (Å²) in [5.41, 5.74) is 0.431. The molecule has 1 aliphatic heterocycles. The van der Waals surface area contributed by atoms with E-state index in [0.29, 0.717) is 26.2 Å². The molecule has 1 fully saturated rings. The van der Waals surface area contributed by atoms with Gasteiger partial charge in [0, 0.05) is 19.6 Å². The van der Waals surface area contributed by atoms with Gasteiger partial charge in [-0.15, -0.1) is 0 Å². The third kappa shape index (κ3) is 4.54. The zero-order valence-corrected chi connectivity index (χ0v) is 15.7. The number of nitrogens with one attached hydrogen (secondary N) is 1. The first-order valence-corrected chi connectivity index (χ1v) is 9.33. The number of urea groups is 1. The highest BCUT2D eigenvalue weighted by Crippen LogP contribution is 2.22. The normalized spacial score (nSPS) is 20.5. The second kappa shape index (κ2) is 8.06. The number of piperidine rings is 1. The topological polar surface area (TPSA) is 55.8 Å². The summed E-state index contributed by atoms with van der Waals surface area (Å²) in [5.74, 6) is 0. The van der Waals surface area contributed by atoms with Crippen LogP contribution in [0.2, 0.25) is 0 Å². The van der Waals surface area contributed by atoms with Crippen LogP contribution in [0.15, 0.2) is 42.5 Å². The molecule has 5 nitrogen and oxygen atoms in total. The third-order valence-electron chi connectivity index (χ3n) is 5.00. The van der Waals surface area contributed by atoms with E-state index < -0.39 is 5.60 Å². The Balaban J connectivity index is 1.55. The molecule has 140 valence electrons. The minimum Gasteiger partial charge on any atom is -0.387 e. The standard InChI is InChI=1S/C21H29N3O2/c1-23(2)15-21(26)12-6-14-24(16-21)20(25)22-13-11-18-9-5-8-17-7-3-4-10-19(17)18/h3-5,7-10,26H,6,11-16H2,1-2H3,(H,22,25)/t21-/m1/s1. The lowest BCUT2D eigenvalue weighted by Crippen LogP contribution is -2.56. The van der Waals surface area contributed by atoms with Crippen LogP contribution in [-0.2, 0) is 6.42 Å². The molecule has 5 heteroatoms. The smallest absolute Gasteiger partial charge is 0.317 e. The zero-order valence-electron chi connectivity index (χ0n) is 15.7. The lowest BCUT2D eigenvalue weighted by Gasteiger charge is -2.40. The van der Waals surface area contributed by atoms with E-state index in [4.69, 9.17) is 0 Å². The number of fused-ring (bicyclic) bond motifs is 1. The van der Waals surface area contributed by atoms with Gasteiger partial charge in [0.05, 0.1) is 12.1 Å². The number of nitrogens with zero attached hydrogens (tertiary/aromatic N) is 2. The molecule has 0 radical (unpaired) electrons. The second-order valence-electron chi connectivity index (χ2n) is 7.61. The quantitative estimate of drug-likeness (QED) is 0.866. The first-order chi connectivity index (χ1) is 12.5. The Morgan fingerprint density at radius 2 is 2.00 bits per heavy atom. The first-order valence-electron chi connectivity index (χ1n) is 9.33. The van der Waals surface area contributed by atoms with Crippen molar-refractivity contribution in [2.75, 3.05) is 40.3 Å². The zero-order chi connectivity index (χ0) is 18.6. The molecule has 1 aliphatic rings. The van der Waals surface area contributed by atoms with Crippen LogP contribution in [-0.4, -0.2) is 66.8 Å². The fourth-order valence-corrected chi connectivity index (χ4v) is 3.93. The van der Waals surface area contributed by atoms with Crippen LogP contribution >= 0.6 is 0 Å². The Bertz CT molecular complexity index is 757. The number of rotatable bonds is 5. The summed E-state index contributed by atoms with van der Waals surface area (Å²) in [6.45, 7) is 2.27. The van der Waals surface area contributed by atoms with Crippen molar-refractivity contribution in [2.45, 2.75) is 24.9 Å². The van der Waals surface area contributed by atoms with Crippen molar-refractivity contribution in [3.05, 3.63) is 48.0 Å². The molecule has 26 heavy (non-hydrogen) atoms. The molecule has 0 bridgehead atoms. The number of hydrogen-bond acceptors (Lipinski definition) is 3. The van der Waals surface area contributed by atoms with Crippen molar-refractivity contribution in [3.8, 4) is 0 Å². The average molecular weight is 355 g/mol. The number of carbonyl (C=O) groups excluding carboxylic acids is 1. The molecule has 1 saturated heterocycles. The highest BCUT2D eigenvalue weighted by atomic mass is 16.3. The van der Waals surface area contributed by atoms with Gasteiger partial charge in [0.1, 0.15) is 0 Å². The van der Waals surface area contributed by atoms with E-state index in [9.17, 15) is 9.90 Å². The number of likely N-dealkylation sites (tertiary alicyclic amines) is 1. The van der Waals surface area contributed by atoms with Gasteiger partial charge in [-0.05, 0) is 49.7 Å². The highest BCUT2D eigenvalue weighted by Gasteiger charge is 2.35. The van der Waals surface area contributed by atoms with Crippen molar-refractivity contribution < 1.29 is 9.90 Å². The van der Waals surface area contributed by atoms with Gasteiger partial charge >= 0.3 is 6.03 Å². The van der Waals surface area contributed by atoms with E-state index in [0.717, 1.165) is 19.3 Å². The van der Waals surface area contributed by atoms with Gasteiger partial charge in [-0.1, -0.05) is 42.5 Å². The Kier molecular flexibility index (Phi) is 5.79. The molecular formula is C21H29N3O2. The molecule has 1 atom stereocenters. The summed E-state index contributed by atoms with van der Waals surface area (Å²) >= 11 is 0. The molecule has 0 unspecified atom stereocenters. The molecule has 0 saturated carbocycles. The van der Waals surface area contributed by atoms with E-state index in [1.807, 2.05) is 31.1 Å². The van der Waals surface area contributed by atoms with Crippen LogP contribution in [0.5, 0.6) is 0 Å². The van der Waals surface area contributed by atoms with Gasteiger partial charge < -0.3 is 20.2 Å². The summed E-state index contributed by atoms with van der Waals surface area (Å²) in [5, 5.41) is 16.2. The van der Waals surface area contributed by atoms with Crippen LogP contribution in [0.3, 0.4) is 0 Å². The number of β-amino-alcohol motifs (C(OH)–C–C–N with tert-alkyl or cyclic N) is 1. The van der Waals surface area contributed by atoms with Crippen LogP contribution in [0.1, 0.15) is 18.4 Å². The summed E-state index contributed by atoms with van der Waals surface area (Å²) in [4.78, 5) is 16.2. The van der Waals surface area contributed by atoms with Gasteiger partial charge in [0.2, 0.25) is 0 Å². The summed E-state index contributed by atoms with van der Waals surface area (Å²) in [7, 11) is 3.89. The largest absolute Gasteiger partial charge is 0.387 e. The molecular weight excluding hydrogens is 326 g/mol. The second-order valence-corrected chi connectivity index (χ2v) is 7.61. The van der Waals surface area contributed by atoms with Gasteiger partial charge in [-0.25, -0.2) is 4.79 Å². The predicted octanol–water partition coefficient (Wildman–Crippen LogP) is 2.48. The molecule has 2 N–H and O–H groups in total. The number of aliphatic hydroxyl groups is 1. The predicted molar refractivity (Wildman–Crippen MR) is 105 cm³/mol. The van der Waals surface area contributed by atoms with Crippen molar-refractivity contribution in [2.24, 2.45) is 0 Å². The number of likely N-dealkylation sites (N-methyl/N-ethyl adjacent to an activating group) is 1. The Morgan fingerprint density at radius 3 is 2.81 bits per heavy atom. The van der Waals surface area contributed by atoms with Gasteiger partial charge in [0.25, 0.3) is 0 Å². The Hall–Kier alpha value is -2.11. The molecule has 2 aromatic carbocycles. The van der Waals surface area contributed by atoms with Crippen molar-refractivity contribution in [1.82, 2.24) is 15.1 Å². The van der Waals surface area contributed by atoms with E-state index in [-0.39, 0.29) is 6.03 Å². The van der Waals surface area contributed by atoms with Crippen molar-refractivity contribution in [3.63, 3.8) is 0 Å². The maximum Gasteiger partial charge on any atom is 0.317 e. The maximum atomic E-state index is 12.5. The van der Waals surface area contributed by atoms with Gasteiger partial charge in [-0.2, -0.15) is 0 Å². The van der Waals surface area contributed by atoms with E-state index in [1.165, 1.54) is 16.3 Å². The van der Waals surface area contributed by atoms with Crippen molar-refractivity contribution in [1.29, 1.82) is 0 Å². The molecule has 0 aliphatic carbocycles. The minimum atomic E-state index is -0.811. The lowest BCUT2D eigenvalue weighted by molar-refractivity contribution is -0.0346. The van der Waals surface area contributed by atoms with E-state index >= 15 is 0 Å². The Labute approximate surface area is 155 Å². The maximum absolute atomic E-state index is 12.5. The van der Waals surface area contributed by atoms with Crippen LogP contribution < -0.4 is 5.32 Å². The van der Waals surface area contributed by atoms with Crippen LogP contribution in [0.4, 0.5) is 4.79 Å². The third-order valence-corrected chi connectivity index (χ3v) is 5.00. The van der Waals surface area contributed by atoms with Crippen LogP contribution in [0.25, 0.3) is 10.8 Å². The monoisotopic (exact) mass is 355 g/mol. The lowest BCUT2D eigenvalue weighted by atomic mass is 9.92. The van der Waals surface area contributed by atoms with Gasteiger partial charge in [0.15, 0.2) is 0 Å². The number of amides is 2. The minimum absolute atomic E-state index is 0.0814. The SMILES string of the molecule is CN(C)C[C@]1(O)CCCN(C(=O)NCCc2cccc3ccccc23)C1. The molecule has 0 spiro atoms. The Morgan fingerprint density at radius 1 is 1.23 bits per heavy atom. The first kappa shape index (κ1) is 18.7. The van der Waals surface area contributed by atoms with Crippen molar-refractivity contribution >= 4 is 16.8 Å².